The fraction of sp³-hybridized carbons (Fsp3) is 0.429. The topological polar surface area (TPSA) is 50.2 Å². The van der Waals surface area contributed by atoms with Crippen LogP contribution < -0.4 is 0 Å². The lowest BCUT2D eigenvalue weighted by molar-refractivity contribution is -0.141. The van der Waals surface area contributed by atoms with Crippen molar-refractivity contribution in [3.8, 4) is 0 Å². The van der Waals surface area contributed by atoms with Gasteiger partial charge in [0.25, 0.3) is 0 Å². The molecule has 5 heteroatoms. The third-order valence-corrected chi connectivity index (χ3v) is 3.54. The molecule has 0 radical (unpaired) electrons. The van der Waals surface area contributed by atoms with Crippen molar-refractivity contribution < 1.29 is 9.90 Å². The first kappa shape index (κ1) is 8.19. The SMILES string of the molecule is O=C(O)C1Cc2nc(Br)sc2C1. The lowest BCUT2D eigenvalue weighted by Crippen LogP contribution is -2.13. The summed E-state index contributed by atoms with van der Waals surface area (Å²) >= 11 is 4.81. The lowest BCUT2D eigenvalue weighted by Gasteiger charge is -1.99. The Hall–Kier alpha value is -0.420. The van der Waals surface area contributed by atoms with E-state index in [1.807, 2.05) is 0 Å². The summed E-state index contributed by atoms with van der Waals surface area (Å²) < 4.78 is 0.858. The molecule has 0 aromatic carbocycles. The Balaban J connectivity index is 2.24. The van der Waals surface area contributed by atoms with E-state index in [0.717, 1.165) is 14.5 Å². The van der Waals surface area contributed by atoms with Crippen LogP contribution in [0.25, 0.3) is 0 Å². The van der Waals surface area contributed by atoms with E-state index in [-0.39, 0.29) is 5.92 Å². The standard InChI is InChI=1S/C7H6BrNO2S/c8-7-9-4-1-3(6(10)11)2-5(4)12-7/h3H,1-2H2,(H,10,11). The summed E-state index contributed by atoms with van der Waals surface area (Å²) in [6.45, 7) is 0. The van der Waals surface area contributed by atoms with Crippen LogP contribution in [-0.2, 0) is 17.6 Å². The maximum Gasteiger partial charge on any atom is 0.307 e. The first-order valence-corrected chi connectivity index (χ1v) is 5.14. The fourth-order valence-corrected chi connectivity index (χ4v) is 3.07. The summed E-state index contributed by atoms with van der Waals surface area (Å²) in [5.41, 5.74) is 0.958. The number of carboxylic acid groups (broad SMARTS) is 1. The molecule has 0 aliphatic heterocycles. The van der Waals surface area contributed by atoms with E-state index in [0.29, 0.717) is 12.8 Å². The Morgan fingerprint density at radius 3 is 3.00 bits per heavy atom. The number of aromatic nitrogens is 1. The number of hydrogen-bond donors (Lipinski definition) is 1. The largest absolute Gasteiger partial charge is 0.481 e. The Morgan fingerprint density at radius 2 is 2.42 bits per heavy atom. The third-order valence-electron chi connectivity index (χ3n) is 1.97. The van der Waals surface area contributed by atoms with E-state index in [1.54, 1.807) is 11.3 Å². The van der Waals surface area contributed by atoms with Crippen LogP contribution >= 0.6 is 27.3 Å². The molecule has 0 amide bonds. The number of carboxylic acids is 1. The third kappa shape index (κ3) is 1.27. The average Bonchev–Trinajstić information content (AvgIpc) is 2.42. The summed E-state index contributed by atoms with van der Waals surface area (Å²) in [7, 11) is 0. The summed E-state index contributed by atoms with van der Waals surface area (Å²) in [4.78, 5) is 15.9. The minimum absolute atomic E-state index is 0.244. The number of halogens is 1. The molecule has 0 bridgehead atoms. The number of fused-ring (bicyclic) bond motifs is 1. The minimum Gasteiger partial charge on any atom is -0.481 e. The predicted molar refractivity (Wildman–Crippen MR) is 48.3 cm³/mol. The molecule has 0 spiro atoms. The molecule has 1 heterocycles. The van der Waals surface area contributed by atoms with E-state index < -0.39 is 5.97 Å². The Kier molecular flexibility index (Phi) is 1.92. The molecule has 1 aromatic heterocycles. The van der Waals surface area contributed by atoms with Crippen LogP contribution in [0.4, 0.5) is 0 Å². The van der Waals surface area contributed by atoms with Crippen molar-refractivity contribution in [2.24, 2.45) is 5.92 Å². The highest BCUT2D eigenvalue weighted by molar-refractivity contribution is 9.11. The van der Waals surface area contributed by atoms with Gasteiger partial charge in [-0.15, -0.1) is 11.3 Å². The zero-order chi connectivity index (χ0) is 8.72. The summed E-state index contributed by atoms with van der Waals surface area (Å²) in [5.74, 6) is -0.955. The summed E-state index contributed by atoms with van der Waals surface area (Å²) in [6.07, 6.45) is 1.24. The van der Waals surface area contributed by atoms with Crippen LogP contribution in [-0.4, -0.2) is 16.1 Å². The van der Waals surface area contributed by atoms with Crippen LogP contribution in [0.2, 0.25) is 0 Å². The maximum absolute atomic E-state index is 10.6. The Labute approximate surface area is 81.6 Å². The molecular formula is C7H6BrNO2S. The van der Waals surface area contributed by atoms with E-state index in [2.05, 4.69) is 20.9 Å². The van der Waals surface area contributed by atoms with E-state index in [9.17, 15) is 4.79 Å². The van der Waals surface area contributed by atoms with Gasteiger partial charge < -0.3 is 5.11 Å². The van der Waals surface area contributed by atoms with E-state index >= 15 is 0 Å². The van der Waals surface area contributed by atoms with Gasteiger partial charge in [0, 0.05) is 11.3 Å². The monoisotopic (exact) mass is 247 g/mol. The van der Waals surface area contributed by atoms with Gasteiger partial charge in [0.15, 0.2) is 3.92 Å². The molecule has 2 rings (SSSR count). The predicted octanol–water partition coefficient (Wildman–Crippen LogP) is 1.71. The number of carbonyl (C=O) groups is 1. The Morgan fingerprint density at radius 1 is 1.67 bits per heavy atom. The van der Waals surface area contributed by atoms with Gasteiger partial charge in [-0.05, 0) is 22.4 Å². The number of nitrogens with zero attached hydrogens (tertiary/aromatic N) is 1. The van der Waals surface area contributed by atoms with Crippen molar-refractivity contribution in [1.82, 2.24) is 4.98 Å². The number of aliphatic carboxylic acids is 1. The minimum atomic E-state index is -0.712. The molecule has 0 saturated heterocycles. The van der Waals surface area contributed by atoms with Gasteiger partial charge in [-0.3, -0.25) is 4.79 Å². The maximum atomic E-state index is 10.6. The van der Waals surface area contributed by atoms with E-state index in [1.165, 1.54) is 0 Å². The molecule has 12 heavy (non-hydrogen) atoms. The van der Waals surface area contributed by atoms with Crippen molar-refractivity contribution in [3.63, 3.8) is 0 Å². The van der Waals surface area contributed by atoms with E-state index in [4.69, 9.17) is 5.11 Å². The van der Waals surface area contributed by atoms with Crippen molar-refractivity contribution in [1.29, 1.82) is 0 Å². The molecule has 0 fully saturated rings. The molecule has 1 atom stereocenters. The smallest absolute Gasteiger partial charge is 0.307 e. The molecular weight excluding hydrogens is 242 g/mol. The highest BCUT2D eigenvalue weighted by Crippen LogP contribution is 2.33. The van der Waals surface area contributed by atoms with Gasteiger partial charge in [-0.1, -0.05) is 0 Å². The van der Waals surface area contributed by atoms with Gasteiger partial charge in [-0.25, -0.2) is 4.98 Å². The fourth-order valence-electron chi connectivity index (χ4n) is 1.37. The van der Waals surface area contributed by atoms with Gasteiger partial charge in [0.05, 0.1) is 11.6 Å². The summed E-state index contributed by atoms with van der Waals surface area (Å²) in [5, 5.41) is 8.74. The molecule has 1 aliphatic rings. The second-order valence-corrected chi connectivity index (χ2v) is 5.14. The number of hydrogen-bond acceptors (Lipinski definition) is 3. The number of thiazole rings is 1. The lowest BCUT2D eigenvalue weighted by atomic mass is 10.1. The van der Waals surface area contributed by atoms with Crippen molar-refractivity contribution in [3.05, 3.63) is 14.5 Å². The molecule has 1 unspecified atom stereocenters. The first-order valence-electron chi connectivity index (χ1n) is 3.53. The van der Waals surface area contributed by atoms with Gasteiger partial charge >= 0.3 is 5.97 Å². The van der Waals surface area contributed by atoms with Crippen LogP contribution in [0.1, 0.15) is 10.6 Å². The quantitative estimate of drug-likeness (QED) is 0.822. The van der Waals surface area contributed by atoms with Gasteiger partial charge in [0.2, 0.25) is 0 Å². The van der Waals surface area contributed by atoms with Gasteiger partial charge in [-0.2, -0.15) is 0 Å². The van der Waals surface area contributed by atoms with Crippen molar-refractivity contribution in [2.45, 2.75) is 12.8 Å². The van der Waals surface area contributed by atoms with Crippen molar-refractivity contribution in [2.75, 3.05) is 0 Å². The number of rotatable bonds is 1. The zero-order valence-corrected chi connectivity index (χ0v) is 8.48. The van der Waals surface area contributed by atoms with Crippen LogP contribution in [0.15, 0.2) is 3.92 Å². The Bertz CT molecular complexity index is 313. The van der Waals surface area contributed by atoms with Crippen molar-refractivity contribution >= 4 is 33.2 Å². The summed E-state index contributed by atoms with van der Waals surface area (Å²) in [6, 6.07) is 0. The molecule has 1 aromatic rings. The highest BCUT2D eigenvalue weighted by atomic mass is 79.9. The van der Waals surface area contributed by atoms with Crippen LogP contribution in [0, 0.1) is 5.92 Å². The molecule has 1 N–H and O–H groups in total. The molecule has 64 valence electrons. The molecule has 0 saturated carbocycles. The normalized spacial score (nSPS) is 20.9. The van der Waals surface area contributed by atoms with Crippen LogP contribution in [0.3, 0.4) is 0 Å². The highest BCUT2D eigenvalue weighted by Gasteiger charge is 2.29. The van der Waals surface area contributed by atoms with Gasteiger partial charge in [0.1, 0.15) is 0 Å². The zero-order valence-electron chi connectivity index (χ0n) is 6.08. The molecule has 3 nitrogen and oxygen atoms in total. The second-order valence-electron chi connectivity index (χ2n) is 2.78. The van der Waals surface area contributed by atoms with Crippen LogP contribution in [0.5, 0.6) is 0 Å². The first-order chi connectivity index (χ1) is 5.66. The molecule has 1 aliphatic carbocycles. The average molecular weight is 248 g/mol. The second kappa shape index (κ2) is 2.81.